The van der Waals surface area contributed by atoms with E-state index in [9.17, 15) is 9.18 Å². The van der Waals surface area contributed by atoms with Gasteiger partial charge in [-0.1, -0.05) is 36.4 Å². The average molecular weight is 443 g/mol. The predicted molar refractivity (Wildman–Crippen MR) is 131 cm³/mol. The lowest BCUT2D eigenvalue weighted by Crippen LogP contribution is -2.51. The number of halogens is 1. The Labute approximate surface area is 193 Å². The van der Waals surface area contributed by atoms with Gasteiger partial charge >= 0.3 is 0 Å². The fourth-order valence-corrected chi connectivity index (χ4v) is 4.69. The Hall–Kier alpha value is -3.51. The first kappa shape index (κ1) is 21.3. The van der Waals surface area contributed by atoms with E-state index in [1.807, 2.05) is 67.3 Å². The van der Waals surface area contributed by atoms with E-state index in [4.69, 9.17) is 4.99 Å². The zero-order valence-corrected chi connectivity index (χ0v) is 19.0. The largest absolute Gasteiger partial charge is 0.367 e. The quantitative estimate of drug-likeness (QED) is 0.589. The zero-order valence-electron chi connectivity index (χ0n) is 19.0. The van der Waals surface area contributed by atoms with Crippen LogP contribution in [0, 0.1) is 19.7 Å². The van der Waals surface area contributed by atoms with Gasteiger partial charge in [0.05, 0.1) is 23.7 Å². The second-order valence-corrected chi connectivity index (χ2v) is 8.75. The van der Waals surface area contributed by atoms with Crippen molar-refractivity contribution in [3.05, 3.63) is 89.2 Å². The van der Waals surface area contributed by atoms with Crippen molar-refractivity contribution in [2.45, 2.75) is 13.8 Å². The number of nitrogens with zero attached hydrogens (tertiary/aromatic N) is 4. The third kappa shape index (κ3) is 4.26. The summed E-state index contributed by atoms with van der Waals surface area (Å²) in [6.07, 6.45) is 0. The van der Waals surface area contributed by atoms with Gasteiger partial charge in [0.2, 0.25) is 0 Å². The summed E-state index contributed by atoms with van der Waals surface area (Å²) in [5, 5.41) is 0. The number of anilines is 2. The van der Waals surface area contributed by atoms with Crippen LogP contribution in [0.2, 0.25) is 0 Å². The molecule has 0 spiro atoms. The highest BCUT2D eigenvalue weighted by Crippen LogP contribution is 2.31. The van der Waals surface area contributed by atoms with Gasteiger partial charge in [-0.2, -0.15) is 0 Å². The Morgan fingerprint density at radius 2 is 1.48 bits per heavy atom. The standard InChI is InChI=1S/C27H27FN4O/c1-19-15-20(2)17-21(16-19)29-26-22-7-3-5-9-24(22)32(27(26)33)18-30-11-13-31(14-12-30)25-10-6-4-8-23(25)28/h3-10,15-17H,11-14,18H2,1-2H3. The molecule has 2 aliphatic rings. The van der Waals surface area contributed by atoms with Crippen LogP contribution in [0.25, 0.3) is 0 Å². The summed E-state index contributed by atoms with van der Waals surface area (Å²) in [6.45, 7) is 7.51. The molecule has 168 valence electrons. The number of benzene rings is 3. The fourth-order valence-electron chi connectivity index (χ4n) is 4.69. The molecule has 0 radical (unpaired) electrons. The Balaban J connectivity index is 1.35. The third-order valence-corrected chi connectivity index (χ3v) is 6.25. The lowest BCUT2D eigenvalue weighted by Gasteiger charge is -2.37. The molecule has 1 amide bonds. The number of hydrogen-bond acceptors (Lipinski definition) is 4. The van der Waals surface area contributed by atoms with Crippen LogP contribution in [0.3, 0.4) is 0 Å². The van der Waals surface area contributed by atoms with E-state index in [-0.39, 0.29) is 11.7 Å². The number of rotatable bonds is 4. The van der Waals surface area contributed by atoms with Gasteiger partial charge in [-0.25, -0.2) is 9.38 Å². The Morgan fingerprint density at radius 3 is 2.18 bits per heavy atom. The lowest BCUT2D eigenvalue weighted by atomic mass is 10.1. The van der Waals surface area contributed by atoms with E-state index in [0.717, 1.165) is 41.2 Å². The van der Waals surface area contributed by atoms with E-state index in [1.165, 1.54) is 6.07 Å². The molecule has 3 aromatic carbocycles. The lowest BCUT2D eigenvalue weighted by molar-refractivity contribution is -0.112. The molecule has 0 aromatic heterocycles. The molecule has 2 aliphatic heterocycles. The monoisotopic (exact) mass is 442 g/mol. The molecule has 1 fully saturated rings. The summed E-state index contributed by atoms with van der Waals surface area (Å²) < 4.78 is 14.2. The first-order chi connectivity index (χ1) is 16.0. The molecule has 33 heavy (non-hydrogen) atoms. The highest BCUT2D eigenvalue weighted by Gasteiger charge is 2.35. The van der Waals surface area contributed by atoms with Crippen LogP contribution in [0.1, 0.15) is 16.7 Å². The maximum Gasteiger partial charge on any atom is 0.278 e. The number of hydrogen-bond donors (Lipinski definition) is 0. The SMILES string of the molecule is Cc1cc(C)cc(N=C2C(=O)N(CN3CCN(c4ccccc4F)CC3)c3ccccc32)c1. The summed E-state index contributed by atoms with van der Waals surface area (Å²) >= 11 is 0. The van der Waals surface area contributed by atoms with Gasteiger partial charge in [0, 0.05) is 31.7 Å². The molecule has 0 saturated carbocycles. The molecule has 3 aromatic rings. The van der Waals surface area contributed by atoms with Crippen LogP contribution in [0.5, 0.6) is 0 Å². The number of carbonyl (C=O) groups excluding carboxylic acids is 1. The van der Waals surface area contributed by atoms with Crippen molar-refractivity contribution >= 4 is 28.7 Å². The molecule has 2 heterocycles. The predicted octanol–water partition coefficient (Wildman–Crippen LogP) is 4.69. The minimum Gasteiger partial charge on any atom is -0.367 e. The van der Waals surface area contributed by atoms with Gasteiger partial charge in [-0.3, -0.25) is 14.6 Å². The molecular weight excluding hydrogens is 415 g/mol. The van der Waals surface area contributed by atoms with Crippen molar-refractivity contribution in [2.24, 2.45) is 4.99 Å². The maximum absolute atomic E-state index is 14.2. The van der Waals surface area contributed by atoms with E-state index in [1.54, 1.807) is 6.07 Å². The van der Waals surface area contributed by atoms with Crippen LogP contribution in [0.4, 0.5) is 21.5 Å². The Kier molecular flexibility index (Phi) is 5.68. The number of para-hydroxylation sites is 2. The summed E-state index contributed by atoms with van der Waals surface area (Å²) in [4.78, 5) is 24.3. The van der Waals surface area contributed by atoms with Gasteiger partial charge in [0.25, 0.3) is 5.91 Å². The number of aliphatic imine (C=N–C) groups is 1. The molecular formula is C27H27FN4O. The van der Waals surface area contributed by atoms with Gasteiger partial charge in [0.1, 0.15) is 11.5 Å². The number of aryl methyl sites for hydroxylation is 2. The molecule has 0 aliphatic carbocycles. The number of fused-ring (bicyclic) bond motifs is 1. The van der Waals surface area contributed by atoms with Crippen LogP contribution >= 0.6 is 0 Å². The van der Waals surface area contributed by atoms with E-state index in [2.05, 4.69) is 15.9 Å². The topological polar surface area (TPSA) is 39.2 Å². The van der Waals surface area contributed by atoms with Gasteiger partial charge < -0.3 is 4.90 Å². The minimum absolute atomic E-state index is 0.0770. The van der Waals surface area contributed by atoms with Gasteiger partial charge in [-0.15, -0.1) is 0 Å². The minimum atomic E-state index is -0.193. The smallest absolute Gasteiger partial charge is 0.278 e. The molecule has 5 nitrogen and oxygen atoms in total. The van der Waals surface area contributed by atoms with Crippen molar-refractivity contribution in [1.82, 2.24) is 4.90 Å². The number of amides is 1. The molecule has 0 unspecified atom stereocenters. The van der Waals surface area contributed by atoms with E-state index in [0.29, 0.717) is 31.2 Å². The summed E-state index contributed by atoms with van der Waals surface area (Å²) in [5.41, 5.74) is 5.93. The van der Waals surface area contributed by atoms with Crippen molar-refractivity contribution < 1.29 is 9.18 Å². The molecule has 6 heteroatoms. The highest BCUT2D eigenvalue weighted by molar-refractivity contribution is 6.54. The molecule has 0 bridgehead atoms. The van der Waals surface area contributed by atoms with Crippen LogP contribution in [-0.4, -0.2) is 49.4 Å². The summed E-state index contributed by atoms with van der Waals surface area (Å²) in [5.74, 6) is -0.270. The van der Waals surface area contributed by atoms with Crippen molar-refractivity contribution in [2.75, 3.05) is 42.6 Å². The van der Waals surface area contributed by atoms with Crippen molar-refractivity contribution in [3.8, 4) is 0 Å². The maximum atomic E-state index is 14.2. The normalized spacial score (nSPS) is 17.7. The van der Waals surface area contributed by atoms with Gasteiger partial charge in [-0.05, 0) is 55.3 Å². The number of carbonyl (C=O) groups is 1. The Morgan fingerprint density at radius 1 is 0.848 bits per heavy atom. The molecule has 0 atom stereocenters. The van der Waals surface area contributed by atoms with Crippen molar-refractivity contribution in [1.29, 1.82) is 0 Å². The molecule has 1 saturated heterocycles. The van der Waals surface area contributed by atoms with E-state index >= 15 is 0 Å². The van der Waals surface area contributed by atoms with Gasteiger partial charge in [0.15, 0.2) is 0 Å². The van der Waals surface area contributed by atoms with E-state index < -0.39 is 0 Å². The summed E-state index contributed by atoms with van der Waals surface area (Å²) in [7, 11) is 0. The van der Waals surface area contributed by atoms with Crippen LogP contribution in [-0.2, 0) is 4.79 Å². The molecule has 0 N–H and O–H groups in total. The summed E-state index contributed by atoms with van der Waals surface area (Å²) in [6, 6.07) is 20.8. The average Bonchev–Trinajstić information content (AvgIpc) is 3.05. The van der Waals surface area contributed by atoms with Crippen LogP contribution in [0.15, 0.2) is 71.7 Å². The number of piperazine rings is 1. The first-order valence-electron chi connectivity index (χ1n) is 11.3. The first-order valence-corrected chi connectivity index (χ1v) is 11.3. The zero-order chi connectivity index (χ0) is 22.9. The Bertz CT molecular complexity index is 1210. The van der Waals surface area contributed by atoms with Crippen LogP contribution < -0.4 is 9.80 Å². The highest BCUT2D eigenvalue weighted by atomic mass is 19.1. The third-order valence-electron chi connectivity index (χ3n) is 6.25. The molecule has 5 rings (SSSR count). The fraction of sp³-hybridized carbons (Fsp3) is 0.259. The van der Waals surface area contributed by atoms with Crippen molar-refractivity contribution in [3.63, 3.8) is 0 Å². The second-order valence-electron chi connectivity index (χ2n) is 8.75. The second kappa shape index (κ2) is 8.79.